The average molecular weight is 302 g/mol. The summed E-state index contributed by atoms with van der Waals surface area (Å²) < 4.78 is 26.9. The molecule has 0 fully saturated rings. The number of fused-ring (bicyclic) bond motifs is 1. The van der Waals surface area contributed by atoms with E-state index in [1.165, 1.54) is 18.2 Å². The highest BCUT2D eigenvalue weighted by Gasteiger charge is 2.28. The molecular formula is C14H10N2O4S. The molecule has 1 aliphatic heterocycles. The Morgan fingerprint density at radius 3 is 2.24 bits per heavy atom. The van der Waals surface area contributed by atoms with Crippen LogP contribution < -0.4 is 10.0 Å². The molecule has 0 aliphatic carbocycles. The maximum absolute atomic E-state index is 12.3. The number of benzene rings is 2. The average Bonchev–Trinajstić information content (AvgIpc) is 2.74. The van der Waals surface area contributed by atoms with E-state index in [1.54, 1.807) is 30.3 Å². The number of nitrogens with one attached hydrogen (secondary N) is 2. The third-order valence-corrected chi connectivity index (χ3v) is 4.42. The SMILES string of the molecule is O=C1NC(=O)c2cc(S(=O)(=O)Nc3ccccc3)ccc21. The molecule has 0 atom stereocenters. The van der Waals surface area contributed by atoms with Gasteiger partial charge in [0.05, 0.1) is 16.0 Å². The van der Waals surface area contributed by atoms with Crippen molar-refractivity contribution in [2.45, 2.75) is 4.90 Å². The van der Waals surface area contributed by atoms with Crippen LogP contribution in [0, 0.1) is 0 Å². The van der Waals surface area contributed by atoms with Gasteiger partial charge in [-0.3, -0.25) is 19.6 Å². The topological polar surface area (TPSA) is 92.3 Å². The van der Waals surface area contributed by atoms with Gasteiger partial charge in [0, 0.05) is 5.69 Å². The molecule has 1 heterocycles. The third-order valence-electron chi connectivity index (χ3n) is 3.04. The molecule has 6 nitrogen and oxygen atoms in total. The van der Waals surface area contributed by atoms with E-state index in [0.717, 1.165) is 0 Å². The van der Waals surface area contributed by atoms with Crippen LogP contribution in [-0.4, -0.2) is 20.2 Å². The van der Waals surface area contributed by atoms with Gasteiger partial charge in [-0.1, -0.05) is 18.2 Å². The molecule has 0 aromatic heterocycles. The van der Waals surface area contributed by atoms with Crippen LogP contribution in [0.4, 0.5) is 5.69 Å². The van der Waals surface area contributed by atoms with Crippen LogP contribution >= 0.6 is 0 Å². The quantitative estimate of drug-likeness (QED) is 0.838. The van der Waals surface area contributed by atoms with Crippen molar-refractivity contribution in [3.63, 3.8) is 0 Å². The van der Waals surface area contributed by atoms with Gasteiger partial charge in [0.2, 0.25) is 0 Å². The lowest BCUT2D eigenvalue weighted by Gasteiger charge is -2.08. The van der Waals surface area contributed by atoms with E-state index in [0.29, 0.717) is 5.69 Å². The predicted molar refractivity (Wildman–Crippen MR) is 75.5 cm³/mol. The molecule has 0 spiro atoms. The zero-order valence-electron chi connectivity index (χ0n) is 10.7. The van der Waals surface area contributed by atoms with E-state index in [2.05, 4.69) is 10.0 Å². The van der Waals surface area contributed by atoms with Gasteiger partial charge < -0.3 is 0 Å². The molecule has 0 saturated carbocycles. The second kappa shape index (κ2) is 4.71. The van der Waals surface area contributed by atoms with Crippen LogP contribution in [0.3, 0.4) is 0 Å². The fourth-order valence-electron chi connectivity index (χ4n) is 2.03. The zero-order valence-corrected chi connectivity index (χ0v) is 11.5. The monoisotopic (exact) mass is 302 g/mol. The van der Waals surface area contributed by atoms with Crippen molar-refractivity contribution in [3.05, 3.63) is 59.7 Å². The van der Waals surface area contributed by atoms with E-state index < -0.39 is 21.8 Å². The van der Waals surface area contributed by atoms with Crippen molar-refractivity contribution in [1.82, 2.24) is 5.32 Å². The Morgan fingerprint density at radius 2 is 1.52 bits per heavy atom. The fourth-order valence-corrected chi connectivity index (χ4v) is 3.12. The van der Waals surface area contributed by atoms with E-state index in [1.807, 2.05) is 0 Å². The Labute approximate surface area is 120 Å². The van der Waals surface area contributed by atoms with Gasteiger partial charge in [0.15, 0.2) is 0 Å². The predicted octanol–water partition coefficient (Wildman–Crippen LogP) is 1.37. The van der Waals surface area contributed by atoms with Crippen molar-refractivity contribution < 1.29 is 18.0 Å². The lowest BCUT2D eigenvalue weighted by Crippen LogP contribution is -2.19. The molecular weight excluding hydrogens is 292 g/mol. The number of carbonyl (C=O) groups is 2. The summed E-state index contributed by atoms with van der Waals surface area (Å²) in [7, 11) is -3.82. The number of sulfonamides is 1. The van der Waals surface area contributed by atoms with Gasteiger partial charge in [-0.15, -0.1) is 0 Å². The highest BCUT2D eigenvalue weighted by Crippen LogP contribution is 2.22. The van der Waals surface area contributed by atoms with Crippen LogP contribution in [0.1, 0.15) is 20.7 Å². The Morgan fingerprint density at radius 1 is 0.857 bits per heavy atom. The summed E-state index contributed by atoms with van der Waals surface area (Å²) in [6.07, 6.45) is 0. The van der Waals surface area contributed by atoms with Crippen LogP contribution in [0.2, 0.25) is 0 Å². The molecule has 0 saturated heterocycles. The number of carbonyl (C=O) groups excluding carboxylic acids is 2. The lowest BCUT2D eigenvalue weighted by molar-refractivity contribution is 0.0879. The Hall–Kier alpha value is -2.67. The molecule has 21 heavy (non-hydrogen) atoms. The van der Waals surface area contributed by atoms with Gasteiger partial charge in [-0.05, 0) is 30.3 Å². The number of rotatable bonds is 3. The van der Waals surface area contributed by atoms with Gasteiger partial charge in [-0.2, -0.15) is 0 Å². The van der Waals surface area contributed by atoms with Crippen molar-refractivity contribution >= 4 is 27.5 Å². The molecule has 106 valence electrons. The summed E-state index contributed by atoms with van der Waals surface area (Å²) in [5.41, 5.74) is 0.660. The summed E-state index contributed by atoms with van der Waals surface area (Å²) in [6, 6.07) is 12.2. The zero-order chi connectivity index (χ0) is 15.0. The Bertz CT molecular complexity index is 845. The van der Waals surface area contributed by atoms with Gasteiger partial charge in [-0.25, -0.2) is 8.42 Å². The molecule has 0 unspecified atom stereocenters. The molecule has 7 heteroatoms. The number of para-hydroxylation sites is 1. The van der Waals surface area contributed by atoms with Crippen molar-refractivity contribution in [1.29, 1.82) is 0 Å². The van der Waals surface area contributed by atoms with Crippen LogP contribution in [-0.2, 0) is 10.0 Å². The second-order valence-corrected chi connectivity index (χ2v) is 6.14. The Kier molecular flexibility index (Phi) is 2.99. The number of hydrogen-bond acceptors (Lipinski definition) is 4. The second-order valence-electron chi connectivity index (χ2n) is 4.46. The first kappa shape index (κ1) is 13.3. The highest BCUT2D eigenvalue weighted by molar-refractivity contribution is 7.92. The van der Waals surface area contributed by atoms with E-state index in [-0.39, 0.29) is 16.0 Å². The maximum atomic E-state index is 12.3. The molecule has 2 amide bonds. The summed E-state index contributed by atoms with van der Waals surface area (Å²) in [4.78, 5) is 22.9. The number of amides is 2. The van der Waals surface area contributed by atoms with Gasteiger partial charge >= 0.3 is 0 Å². The molecule has 3 rings (SSSR count). The minimum atomic E-state index is -3.82. The highest BCUT2D eigenvalue weighted by atomic mass is 32.2. The number of anilines is 1. The molecule has 2 aromatic rings. The first-order valence-corrected chi connectivity index (χ1v) is 7.53. The lowest BCUT2D eigenvalue weighted by atomic mass is 10.1. The largest absolute Gasteiger partial charge is 0.288 e. The first-order valence-electron chi connectivity index (χ1n) is 6.05. The smallest absolute Gasteiger partial charge is 0.261 e. The summed E-state index contributed by atoms with van der Waals surface area (Å²) in [6.45, 7) is 0. The van der Waals surface area contributed by atoms with E-state index in [9.17, 15) is 18.0 Å². The normalized spacial score (nSPS) is 13.7. The van der Waals surface area contributed by atoms with Gasteiger partial charge in [0.1, 0.15) is 0 Å². The van der Waals surface area contributed by atoms with Crippen LogP contribution in [0.25, 0.3) is 0 Å². The molecule has 2 N–H and O–H groups in total. The van der Waals surface area contributed by atoms with Crippen molar-refractivity contribution in [3.8, 4) is 0 Å². The molecule has 0 bridgehead atoms. The molecule has 2 aromatic carbocycles. The third kappa shape index (κ3) is 2.38. The minimum absolute atomic E-state index is 0.0657. The fraction of sp³-hybridized carbons (Fsp3) is 0. The first-order chi connectivity index (χ1) is 9.97. The van der Waals surface area contributed by atoms with E-state index >= 15 is 0 Å². The molecule has 1 aliphatic rings. The maximum Gasteiger partial charge on any atom is 0.261 e. The number of hydrogen-bond donors (Lipinski definition) is 2. The van der Waals surface area contributed by atoms with Gasteiger partial charge in [0.25, 0.3) is 21.8 Å². The minimum Gasteiger partial charge on any atom is -0.288 e. The van der Waals surface area contributed by atoms with Crippen molar-refractivity contribution in [2.24, 2.45) is 0 Å². The summed E-state index contributed by atoms with van der Waals surface area (Å²) in [5.74, 6) is -1.11. The standard InChI is InChI=1S/C14H10N2O4S/c17-13-11-7-6-10(8-12(11)14(18)15-13)21(19,20)16-9-4-2-1-3-5-9/h1-8,16H,(H,15,17,18). The van der Waals surface area contributed by atoms with E-state index in [4.69, 9.17) is 0 Å². The van der Waals surface area contributed by atoms with Crippen LogP contribution in [0.5, 0.6) is 0 Å². The number of imide groups is 1. The van der Waals surface area contributed by atoms with Crippen LogP contribution in [0.15, 0.2) is 53.4 Å². The Balaban J connectivity index is 1.99. The summed E-state index contributed by atoms with van der Waals surface area (Å²) >= 11 is 0. The molecule has 0 radical (unpaired) electrons. The summed E-state index contributed by atoms with van der Waals surface area (Å²) in [5, 5.41) is 2.12. The van der Waals surface area contributed by atoms with Crippen molar-refractivity contribution in [2.75, 3.05) is 4.72 Å².